The SMILES string of the molecule is C[C@H](CCC(=O)NCCSc1ccccc1)[C@H]1CC[C@H]2[C@@H]3CC[C@@H]4C[C@H](O)CC[C@]4(C)[C@H]3C[C@H](O)[C@]12C. The van der Waals surface area contributed by atoms with Crippen molar-refractivity contribution in [3.8, 4) is 0 Å². The van der Waals surface area contributed by atoms with E-state index in [0.29, 0.717) is 48.5 Å². The lowest BCUT2D eigenvalue weighted by atomic mass is 9.43. The number of fused-ring (bicyclic) bond motifs is 5. The van der Waals surface area contributed by atoms with Crippen LogP contribution in [0.2, 0.25) is 0 Å². The van der Waals surface area contributed by atoms with Crippen LogP contribution >= 0.6 is 11.8 Å². The second-order valence-corrected chi connectivity index (χ2v) is 14.6. The lowest BCUT2D eigenvalue weighted by Crippen LogP contribution is -2.58. The molecular formula is C32H49NO3S. The van der Waals surface area contributed by atoms with Crippen LogP contribution in [0.3, 0.4) is 0 Å². The lowest BCUT2D eigenvalue weighted by Gasteiger charge is -2.62. The summed E-state index contributed by atoms with van der Waals surface area (Å²) in [4.78, 5) is 13.8. The summed E-state index contributed by atoms with van der Waals surface area (Å²) in [7, 11) is 0. The Morgan fingerprint density at radius 2 is 1.84 bits per heavy atom. The van der Waals surface area contributed by atoms with Gasteiger partial charge in [-0.3, -0.25) is 4.79 Å². The van der Waals surface area contributed by atoms with E-state index in [4.69, 9.17) is 0 Å². The largest absolute Gasteiger partial charge is 0.393 e. The molecule has 3 N–H and O–H groups in total. The van der Waals surface area contributed by atoms with E-state index in [1.54, 1.807) is 11.8 Å². The maximum atomic E-state index is 12.6. The average molecular weight is 528 g/mol. The van der Waals surface area contributed by atoms with Gasteiger partial charge in [-0.2, -0.15) is 0 Å². The minimum atomic E-state index is -0.250. The van der Waals surface area contributed by atoms with E-state index in [1.165, 1.54) is 30.6 Å². The molecule has 0 spiro atoms. The molecule has 5 rings (SSSR count). The molecule has 10 atom stereocenters. The molecule has 4 aliphatic carbocycles. The summed E-state index contributed by atoms with van der Waals surface area (Å²) in [6.45, 7) is 7.92. The van der Waals surface area contributed by atoms with E-state index in [9.17, 15) is 15.0 Å². The molecule has 4 fully saturated rings. The van der Waals surface area contributed by atoms with Gasteiger partial charge in [-0.25, -0.2) is 0 Å². The Bertz CT molecular complexity index is 926. The maximum Gasteiger partial charge on any atom is 0.220 e. The van der Waals surface area contributed by atoms with Gasteiger partial charge in [0.05, 0.1) is 12.2 Å². The van der Waals surface area contributed by atoms with Crippen LogP contribution in [-0.2, 0) is 4.79 Å². The van der Waals surface area contributed by atoms with E-state index in [-0.39, 0.29) is 28.9 Å². The van der Waals surface area contributed by atoms with Crippen LogP contribution in [0.4, 0.5) is 0 Å². The molecule has 5 heteroatoms. The number of aliphatic hydroxyl groups is 2. The molecule has 0 heterocycles. The molecule has 4 nitrogen and oxygen atoms in total. The first-order valence-electron chi connectivity index (χ1n) is 15.0. The Labute approximate surface area is 228 Å². The van der Waals surface area contributed by atoms with Crippen molar-refractivity contribution in [2.24, 2.45) is 46.3 Å². The number of hydrogen-bond donors (Lipinski definition) is 3. The predicted molar refractivity (Wildman–Crippen MR) is 151 cm³/mol. The van der Waals surface area contributed by atoms with Crippen LogP contribution in [0.1, 0.15) is 85.0 Å². The quantitative estimate of drug-likeness (QED) is 0.274. The van der Waals surface area contributed by atoms with Gasteiger partial charge in [0.25, 0.3) is 0 Å². The minimum absolute atomic E-state index is 0.0270. The van der Waals surface area contributed by atoms with Gasteiger partial charge in [0.1, 0.15) is 0 Å². The number of carbonyl (C=O) groups excluding carboxylic acids is 1. The summed E-state index contributed by atoms with van der Waals surface area (Å²) in [5.74, 6) is 4.53. The zero-order valence-electron chi connectivity index (χ0n) is 23.2. The molecule has 1 amide bonds. The number of benzene rings is 1. The number of aliphatic hydroxyl groups excluding tert-OH is 2. The van der Waals surface area contributed by atoms with Crippen molar-refractivity contribution in [3.63, 3.8) is 0 Å². The van der Waals surface area contributed by atoms with Crippen LogP contribution in [0, 0.1) is 46.3 Å². The van der Waals surface area contributed by atoms with Crippen molar-refractivity contribution in [1.82, 2.24) is 5.32 Å². The monoisotopic (exact) mass is 527 g/mol. The Hall–Kier alpha value is -1.04. The normalized spacial score (nSPS) is 41.8. The first kappa shape index (κ1) is 27.5. The fourth-order valence-electron chi connectivity index (χ4n) is 9.68. The number of thioether (sulfide) groups is 1. The minimum Gasteiger partial charge on any atom is -0.393 e. The molecule has 0 bridgehead atoms. The van der Waals surface area contributed by atoms with Gasteiger partial charge >= 0.3 is 0 Å². The fourth-order valence-corrected chi connectivity index (χ4v) is 10.5. The van der Waals surface area contributed by atoms with Gasteiger partial charge in [0, 0.05) is 23.6 Å². The van der Waals surface area contributed by atoms with E-state index < -0.39 is 0 Å². The Balaban J connectivity index is 1.15. The van der Waals surface area contributed by atoms with Crippen LogP contribution in [0.25, 0.3) is 0 Å². The highest BCUT2D eigenvalue weighted by atomic mass is 32.2. The first-order valence-corrected chi connectivity index (χ1v) is 16.0. The lowest BCUT2D eigenvalue weighted by molar-refractivity contribution is -0.174. The number of nitrogens with one attached hydrogen (secondary N) is 1. The molecule has 37 heavy (non-hydrogen) atoms. The van der Waals surface area contributed by atoms with Crippen LogP contribution in [0.15, 0.2) is 35.2 Å². The summed E-state index contributed by atoms with van der Waals surface area (Å²) in [6, 6.07) is 10.3. The fraction of sp³-hybridized carbons (Fsp3) is 0.781. The zero-order chi connectivity index (χ0) is 26.2. The molecule has 4 saturated carbocycles. The van der Waals surface area contributed by atoms with Crippen molar-refractivity contribution in [1.29, 1.82) is 0 Å². The van der Waals surface area contributed by atoms with Crippen LogP contribution in [-0.4, -0.2) is 40.6 Å². The van der Waals surface area contributed by atoms with Gasteiger partial charge < -0.3 is 15.5 Å². The number of amides is 1. The van der Waals surface area contributed by atoms with E-state index in [1.807, 2.05) is 18.2 Å². The second-order valence-electron chi connectivity index (χ2n) is 13.4. The maximum absolute atomic E-state index is 12.6. The summed E-state index contributed by atoms with van der Waals surface area (Å²) in [6.07, 6.45) is 10.0. The highest BCUT2D eigenvalue weighted by Crippen LogP contribution is 2.68. The van der Waals surface area contributed by atoms with Crippen molar-refractivity contribution in [2.75, 3.05) is 12.3 Å². The van der Waals surface area contributed by atoms with Crippen molar-refractivity contribution in [2.45, 2.75) is 102 Å². The summed E-state index contributed by atoms with van der Waals surface area (Å²) in [5, 5.41) is 25.2. The third kappa shape index (κ3) is 5.26. The molecular weight excluding hydrogens is 478 g/mol. The smallest absolute Gasteiger partial charge is 0.220 e. The number of rotatable bonds is 8. The van der Waals surface area contributed by atoms with Crippen molar-refractivity contribution in [3.05, 3.63) is 30.3 Å². The van der Waals surface area contributed by atoms with Gasteiger partial charge in [0.15, 0.2) is 0 Å². The highest BCUT2D eigenvalue weighted by Gasteiger charge is 2.63. The molecule has 0 saturated heterocycles. The summed E-state index contributed by atoms with van der Waals surface area (Å²) in [5.41, 5.74) is 0.256. The molecule has 206 valence electrons. The topological polar surface area (TPSA) is 69.6 Å². The third-order valence-electron chi connectivity index (χ3n) is 11.8. The molecule has 1 aromatic carbocycles. The summed E-state index contributed by atoms with van der Waals surface area (Å²) >= 11 is 1.78. The molecule has 0 aliphatic heterocycles. The average Bonchev–Trinajstić information content (AvgIpc) is 3.25. The van der Waals surface area contributed by atoms with E-state index in [0.717, 1.165) is 37.9 Å². The van der Waals surface area contributed by atoms with Crippen LogP contribution in [0.5, 0.6) is 0 Å². The molecule has 0 aromatic heterocycles. The van der Waals surface area contributed by atoms with Gasteiger partial charge in [-0.1, -0.05) is 39.0 Å². The summed E-state index contributed by atoms with van der Waals surface area (Å²) < 4.78 is 0. The van der Waals surface area contributed by atoms with Crippen molar-refractivity contribution < 1.29 is 15.0 Å². The van der Waals surface area contributed by atoms with Gasteiger partial charge in [-0.15, -0.1) is 11.8 Å². The first-order chi connectivity index (χ1) is 17.7. The second kappa shape index (κ2) is 11.2. The number of carbonyl (C=O) groups is 1. The van der Waals surface area contributed by atoms with Crippen molar-refractivity contribution >= 4 is 17.7 Å². The third-order valence-corrected chi connectivity index (χ3v) is 12.8. The molecule has 0 radical (unpaired) electrons. The highest BCUT2D eigenvalue weighted by molar-refractivity contribution is 7.99. The zero-order valence-corrected chi connectivity index (χ0v) is 24.0. The standard InChI is InChI=1S/C32H49NO3S/c1-21(9-14-30(36)33-17-18-37-24-7-5-4-6-8-24)26-12-13-27-25-11-10-22-19-23(34)15-16-31(22,2)28(25)20-29(35)32(26,27)3/h4-8,21-23,25-29,34-35H,9-20H2,1-3H3,(H,33,36)/t21-,22-,23-,25+,26-,27+,28+,29+,31+,32-/m1/s1. The van der Waals surface area contributed by atoms with Gasteiger partial charge in [0.2, 0.25) is 5.91 Å². The Kier molecular flexibility index (Phi) is 8.34. The van der Waals surface area contributed by atoms with Gasteiger partial charge in [-0.05, 0) is 116 Å². The molecule has 0 unspecified atom stereocenters. The number of hydrogen-bond acceptors (Lipinski definition) is 4. The predicted octanol–water partition coefficient (Wildman–Crippen LogP) is 6.30. The Morgan fingerprint density at radius 3 is 2.62 bits per heavy atom. The molecule has 4 aliphatic rings. The van der Waals surface area contributed by atoms with E-state index >= 15 is 0 Å². The van der Waals surface area contributed by atoms with E-state index in [2.05, 4.69) is 38.2 Å². The van der Waals surface area contributed by atoms with Crippen LogP contribution < -0.4 is 5.32 Å². The Morgan fingerprint density at radius 1 is 1.05 bits per heavy atom. The molecule has 1 aromatic rings.